The molecule has 0 aliphatic heterocycles. The fourth-order valence-electron chi connectivity index (χ4n) is 1.19. The van der Waals surface area contributed by atoms with Gasteiger partial charge in [-0.1, -0.05) is 30.3 Å². The van der Waals surface area contributed by atoms with Crippen molar-refractivity contribution in [2.24, 2.45) is 0 Å². The molecule has 2 N–H and O–H groups in total. The highest BCUT2D eigenvalue weighted by molar-refractivity contribution is 5.73. The van der Waals surface area contributed by atoms with Gasteiger partial charge in [0.1, 0.15) is 12.8 Å². The molecule has 0 saturated heterocycles. The standard InChI is InChI=1S/C10H12FNO2/c11-7-12-9(10(13)14)6-8-4-2-1-3-5-8/h1-5,9,12H,6-7H2,(H,13,14)/t9-/m1/s1. The lowest BCUT2D eigenvalue weighted by molar-refractivity contribution is -0.139. The third-order valence-electron chi connectivity index (χ3n) is 1.90. The van der Waals surface area contributed by atoms with E-state index in [-0.39, 0.29) is 0 Å². The first-order valence-corrected chi connectivity index (χ1v) is 4.30. The van der Waals surface area contributed by atoms with Crippen LogP contribution < -0.4 is 5.32 Å². The average Bonchev–Trinajstić information content (AvgIpc) is 2.18. The van der Waals surface area contributed by atoms with Gasteiger partial charge in [0.25, 0.3) is 0 Å². The third kappa shape index (κ3) is 3.14. The molecule has 0 spiro atoms. The van der Waals surface area contributed by atoms with Crippen LogP contribution in [0.4, 0.5) is 4.39 Å². The van der Waals surface area contributed by atoms with E-state index in [1.165, 1.54) is 0 Å². The summed E-state index contributed by atoms with van der Waals surface area (Å²) >= 11 is 0. The summed E-state index contributed by atoms with van der Waals surface area (Å²) in [5.41, 5.74) is 0.876. The maximum Gasteiger partial charge on any atom is 0.321 e. The molecule has 0 saturated carbocycles. The monoisotopic (exact) mass is 197 g/mol. The number of alkyl halides is 1. The van der Waals surface area contributed by atoms with Crippen LogP contribution in [0, 0.1) is 0 Å². The van der Waals surface area contributed by atoms with E-state index in [4.69, 9.17) is 5.11 Å². The molecule has 1 rings (SSSR count). The molecule has 0 heterocycles. The fourth-order valence-corrected chi connectivity index (χ4v) is 1.19. The molecule has 14 heavy (non-hydrogen) atoms. The van der Waals surface area contributed by atoms with E-state index in [1.54, 1.807) is 0 Å². The van der Waals surface area contributed by atoms with E-state index < -0.39 is 18.8 Å². The average molecular weight is 197 g/mol. The summed E-state index contributed by atoms with van der Waals surface area (Å²) in [6.07, 6.45) is 0.292. The lowest BCUT2D eigenvalue weighted by atomic mass is 10.1. The summed E-state index contributed by atoms with van der Waals surface area (Å²) in [4.78, 5) is 10.7. The smallest absolute Gasteiger partial charge is 0.321 e. The molecule has 0 amide bonds. The van der Waals surface area contributed by atoms with E-state index in [0.29, 0.717) is 6.42 Å². The van der Waals surface area contributed by atoms with Crippen molar-refractivity contribution in [1.82, 2.24) is 5.32 Å². The molecule has 0 bridgehead atoms. The van der Waals surface area contributed by atoms with Crippen LogP contribution >= 0.6 is 0 Å². The van der Waals surface area contributed by atoms with Gasteiger partial charge < -0.3 is 5.11 Å². The molecule has 4 heteroatoms. The first kappa shape index (κ1) is 10.7. The molecule has 1 aromatic rings. The molecule has 3 nitrogen and oxygen atoms in total. The lowest BCUT2D eigenvalue weighted by Gasteiger charge is -2.11. The van der Waals surface area contributed by atoms with Gasteiger partial charge in [-0.3, -0.25) is 10.1 Å². The second kappa shape index (κ2) is 5.34. The van der Waals surface area contributed by atoms with Crippen LogP contribution in [0.1, 0.15) is 5.56 Å². The summed E-state index contributed by atoms with van der Waals surface area (Å²) in [5, 5.41) is 11.0. The zero-order chi connectivity index (χ0) is 10.4. The normalized spacial score (nSPS) is 12.4. The summed E-state index contributed by atoms with van der Waals surface area (Å²) in [7, 11) is 0. The van der Waals surface area contributed by atoms with Gasteiger partial charge in [0.2, 0.25) is 0 Å². The molecular formula is C10H12FNO2. The third-order valence-corrected chi connectivity index (χ3v) is 1.90. The van der Waals surface area contributed by atoms with E-state index in [9.17, 15) is 9.18 Å². The van der Waals surface area contributed by atoms with Crippen molar-refractivity contribution in [2.75, 3.05) is 6.80 Å². The predicted octanol–water partition coefficient (Wildman–Crippen LogP) is 1.20. The number of hydrogen-bond donors (Lipinski definition) is 2. The van der Waals surface area contributed by atoms with Gasteiger partial charge in [-0.25, -0.2) is 4.39 Å². The number of carbonyl (C=O) groups is 1. The zero-order valence-corrected chi connectivity index (χ0v) is 7.61. The Labute approximate surface area is 81.6 Å². The van der Waals surface area contributed by atoms with E-state index in [1.807, 2.05) is 30.3 Å². The van der Waals surface area contributed by atoms with Crippen molar-refractivity contribution in [3.8, 4) is 0 Å². The largest absolute Gasteiger partial charge is 0.480 e. The Morgan fingerprint density at radius 2 is 2.07 bits per heavy atom. The van der Waals surface area contributed by atoms with Crippen LogP contribution in [0.2, 0.25) is 0 Å². The number of hydrogen-bond acceptors (Lipinski definition) is 2. The van der Waals surface area contributed by atoms with Gasteiger partial charge in [0.05, 0.1) is 0 Å². The van der Waals surface area contributed by atoms with E-state index >= 15 is 0 Å². The van der Waals surface area contributed by atoms with Crippen molar-refractivity contribution >= 4 is 5.97 Å². The Hall–Kier alpha value is -1.42. The maximum atomic E-state index is 11.9. The number of halogens is 1. The fraction of sp³-hybridized carbons (Fsp3) is 0.300. The van der Waals surface area contributed by atoms with Gasteiger partial charge in [-0.2, -0.15) is 0 Å². The van der Waals surface area contributed by atoms with Crippen molar-refractivity contribution < 1.29 is 14.3 Å². The Kier molecular flexibility index (Phi) is 4.07. The minimum Gasteiger partial charge on any atom is -0.480 e. The molecule has 76 valence electrons. The highest BCUT2D eigenvalue weighted by Crippen LogP contribution is 2.03. The molecule has 0 radical (unpaired) electrons. The van der Waals surface area contributed by atoms with Gasteiger partial charge in [0.15, 0.2) is 0 Å². The minimum atomic E-state index is -1.04. The zero-order valence-electron chi connectivity index (χ0n) is 7.61. The lowest BCUT2D eigenvalue weighted by Crippen LogP contribution is -2.37. The van der Waals surface area contributed by atoms with E-state index in [2.05, 4.69) is 5.32 Å². The molecule has 0 aliphatic rings. The van der Waals surface area contributed by atoms with Crippen molar-refractivity contribution in [2.45, 2.75) is 12.5 Å². The maximum absolute atomic E-state index is 11.9. The van der Waals surface area contributed by atoms with Crippen LogP contribution in [-0.2, 0) is 11.2 Å². The predicted molar refractivity (Wildman–Crippen MR) is 50.7 cm³/mol. The molecule has 0 unspecified atom stereocenters. The number of aliphatic carboxylic acids is 1. The van der Waals surface area contributed by atoms with Crippen molar-refractivity contribution in [3.05, 3.63) is 35.9 Å². The molecule has 0 aliphatic carbocycles. The van der Waals surface area contributed by atoms with Crippen molar-refractivity contribution in [1.29, 1.82) is 0 Å². The van der Waals surface area contributed by atoms with Crippen LogP contribution in [0.5, 0.6) is 0 Å². The van der Waals surface area contributed by atoms with Crippen LogP contribution in [0.3, 0.4) is 0 Å². The van der Waals surface area contributed by atoms with E-state index in [0.717, 1.165) is 5.56 Å². The van der Waals surface area contributed by atoms with Gasteiger partial charge in [0, 0.05) is 0 Å². The number of benzene rings is 1. The summed E-state index contributed by atoms with van der Waals surface area (Å²) in [6, 6.07) is 8.27. The van der Waals surface area contributed by atoms with Gasteiger partial charge in [-0.15, -0.1) is 0 Å². The minimum absolute atomic E-state index is 0.292. The Morgan fingerprint density at radius 1 is 1.43 bits per heavy atom. The highest BCUT2D eigenvalue weighted by Gasteiger charge is 2.16. The second-order valence-corrected chi connectivity index (χ2v) is 2.92. The molecule has 1 aromatic carbocycles. The SMILES string of the molecule is O=C(O)[C@@H](Cc1ccccc1)NCF. The molecule has 1 atom stereocenters. The molecule has 0 fully saturated rings. The Bertz CT molecular complexity index is 289. The summed E-state index contributed by atoms with van der Waals surface area (Å²) < 4.78 is 11.9. The quantitative estimate of drug-likeness (QED) is 0.697. The first-order valence-electron chi connectivity index (χ1n) is 4.30. The first-order chi connectivity index (χ1) is 6.74. The van der Waals surface area contributed by atoms with Crippen LogP contribution in [0.25, 0.3) is 0 Å². The number of rotatable bonds is 5. The Balaban J connectivity index is 2.60. The molecular weight excluding hydrogens is 185 g/mol. The van der Waals surface area contributed by atoms with Crippen LogP contribution in [0.15, 0.2) is 30.3 Å². The number of carboxylic acid groups (broad SMARTS) is 1. The molecule has 0 aromatic heterocycles. The van der Waals surface area contributed by atoms with Crippen LogP contribution in [-0.4, -0.2) is 23.9 Å². The number of nitrogens with one attached hydrogen (secondary N) is 1. The summed E-state index contributed by atoms with van der Waals surface area (Å²) in [5.74, 6) is -1.04. The van der Waals surface area contributed by atoms with Gasteiger partial charge >= 0.3 is 5.97 Å². The Morgan fingerprint density at radius 3 is 2.57 bits per heavy atom. The van der Waals surface area contributed by atoms with Gasteiger partial charge in [-0.05, 0) is 12.0 Å². The number of carboxylic acids is 1. The van der Waals surface area contributed by atoms with Crippen molar-refractivity contribution in [3.63, 3.8) is 0 Å². The second-order valence-electron chi connectivity index (χ2n) is 2.92. The topological polar surface area (TPSA) is 49.3 Å². The summed E-state index contributed by atoms with van der Waals surface area (Å²) in [6.45, 7) is -0.830. The highest BCUT2D eigenvalue weighted by atomic mass is 19.1.